The first kappa shape index (κ1) is 14.6. The zero-order valence-electron chi connectivity index (χ0n) is 10.3. The largest absolute Gasteiger partial charge is 0.296 e. The van der Waals surface area contributed by atoms with Crippen LogP contribution in [0.15, 0.2) is 18.2 Å². The molecule has 0 N–H and O–H groups in total. The molecule has 0 radical (unpaired) electrons. The zero-order valence-corrected chi connectivity index (χ0v) is 13.4. The summed E-state index contributed by atoms with van der Waals surface area (Å²) < 4.78 is 0. The van der Waals surface area contributed by atoms with Gasteiger partial charge in [0.15, 0.2) is 0 Å². The van der Waals surface area contributed by atoms with Crippen LogP contribution in [0, 0.1) is 0 Å². The van der Waals surface area contributed by atoms with Crippen molar-refractivity contribution in [2.24, 2.45) is 0 Å². The lowest BCUT2D eigenvalue weighted by molar-refractivity contribution is 0.120. The molecule has 1 aliphatic carbocycles. The molecule has 0 saturated heterocycles. The van der Waals surface area contributed by atoms with Gasteiger partial charge in [-0.3, -0.25) is 4.90 Å². The summed E-state index contributed by atoms with van der Waals surface area (Å²) in [5.41, 5.74) is 1.14. The van der Waals surface area contributed by atoms with Gasteiger partial charge in [-0.15, -0.1) is 0 Å². The topological polar surface area (TPSA) is 3.24 Å². The number of halogens is 3. The number of nitrogens with zero attached hydrogens (tertiary/aromatic N) is 1. The lowest BCUT2D eigenvalue weighted by Crippen LogP contribution is -2.40. The third-order valence-corrected chi connectivity index (χ3v) is 4.99. The Balaban J connectivity index is 2.04. The number of hydrogen-bond donors (Lipinski definition) is 0. The molecule has 0 aliphatic heterocycles. The molecule has 1 aromatic carbocycles. The highest BCUT2D eigenvalue weighted by Gasteiger charge is 2.25. The molecule has 1 aliphatic rings. The van der Waals surface area contributed by atoms with Crippen molar-refractivity contribution in [3.8, 4) is 0 Å². The molecule has 0 aromatic heterocycles. The molecule has 18 heavy (non-hydrogen) atoms. The molecule has 1 fully saturated rings. The van der Waals surface area contributed by atoms with E-state index in [-0.39, 0.29) is 0 Å². The van der Waals surface area contributed by atoms with Crippen molar-refractivity contribution >= 4 is 39.1 Å². The van der Waals surface area contributed by atoms with E-state index in [1.54, 1.807) is 0 Å². The highest BCUT2D eigenvalue weighted by Crippen LogP contribution is 2.30. The fourth-order valence-electron chi connectivity index (χ4n) is 2.29. The molecule has 1 saturated carbocycles. The Morgan fingerprint density at radius 1 is 1.28 bits per heavy atom. The quantitative estimate of drug-likeness (QED) is 0.642. The molecule has 1 nitrogen and oxygen atoms in total. The summed E-state index contributed by atoms with van der Waals surface area (Å²) in [6, 6.07) is 6.64. The minimum Gasteiger partial charge on any atom is -0.296 e. The summed E-state index contributed by atoms with van der Waals surface area (Å²) in [6.07, 6.45) is 5.17. The van der Waals surface area contributed by atoms with Crippen LogP contribution in [0.4, 0.5) is 0 Å². The molecule has 100 valence electrons. The smallest absolute Gasteiger partial charge is 0.0637 e. The first-order chi connectivity index (χ1) is 8.72. The van der Waals surface area contributed by atoms with Gasteiger partial charge in [-0.05, 0) is 37.4 Å². The first-order valence-corrected chi connectivity index (χ1v) is 8.33. The van der Waals surface area contributed by atoms with Gasteiger partial charge in [0, 0.05) is 17.9 Å². The lowest BCUT2D eigenvalue weighted by Gasteiger charge is -2.37. The van der Waals surface area contributed by atoms with Crippen LogP contribution in [0.25, 0.3) is 0 Å². The van der Waals surface area contributed by atoms with Gasteiger partial charge in [0.1, 0.15) is 0 Å². The standard InChI is InChI=1S/C14H18BrCl2N/c15-8-3-9-18(12-5-2-6-12)10-11-4-1-7-13(16)14(11)17/h1,4,7,12H,2-3,5-6,8-10H2. The summed E-state index contributed by atoms with van der Waals surface area (Å²) in [5, 5.41) is 2.42. The maximum atomic E-state index is 6.27. The molecule has 0 atom stereocenters. The highest BCUT2D eigenvalue weighted by atomic mass is 79.9. The van der Waals surface area contributed by atoms with Crippen LogP contribution in [-0.4, -0.2) is 22.8 Å². The molecule has 4 heteroatoms. The van der Waals surface area contributed by atoms with Gasteiger partial charge in [0.2, 0.25) is 0 Å². The second kappa shape index (κ2) is 7.14. The normalized spacial score (nSPS) is 16.0. The number of hydrogen-bond acceptors (Lipinski definition) is 1. The molecule has 0 unspecified atom stereocenters. The van der Waals surface area contributed by atoms with Gasteiger partial charge < -0.3 is 0 Å². The maximum absolute atomic E-state index is 6.27. The third kappa shape index (κ3) is 3.63. The van der Waals surface area contributed by atoms with Crippen molar-refractivity contribution < 1.29 is 0 Å². The van der Waals surface area contributed by atoms with Gasteiger partial charge in [0.05, 0.1) is 10.0 Å². The van der Waals surface area contributed by atoms with Gasteiger partial charge in [-0.1, -0.05) is 57.7 Å². The highest BCUT2D eigenvalue weighted by molar-refractivity contribution is 9.09. The average Bonchev–Trinajstić information content (AvgIpc) is 2.29. The predicted molar refractivity (Wildman–Crippen MR) is 82.9 cm³/mol. The molecule has 0 heterocycles. The summed E-state index contributed by atoms with van der Waals surface area (Å²) in [6.45, 7) is 2.04. The van der Waals surface area contributed by atoms with Gasteiger partial charge >= 0.3 is 0 Å². The van der Waals surface area contributed by atoms with E-state index in [4.69, 9.17) is 23.2 Å². The Hall–Kier alpha value is 0.240. The second-order valence-corrected chi connectivity index (χ2v) is 6.39. The molecule has 0 amide bonds. The van der Waals surface area contributed by atoms with Crippen LogP contribution in [0.1, 0.15) is 31.2 Å². The van der Waals surface area contributed by atoms with Crippen molar-refractivity contribution in [3.05, 3.63) is 33.8 Å². The van der Waals surface area contributed by atoms with Crippen molar-refractivity contribution in [2.75, 3.05) is 11.9 Å². The van der Waals surface area contributed by atoms with E-state index in [0.29, 0.717) is 10.0 Å². The number of rotatable bonds is 6. The summed E-state index contributed by atoms with van der Waals surface area (Å²) in [7, 11) is 0. The molecule has 2 rings (SSSR count). The second-order valence-electron chi connectivity index (χ2n) is 4.81. The number of alkyl halides is 1. The fraction of sp³-hybridized carbons (Fsp3) is 0.571. The van der Waals surface area contributed by atoms with E-state index in [1.807, 2.05) is 12.1 Å². The van der Waals surface area contributed by atoms with E-state index < -0.39 is 0 Å². The third-order valence-electron chi connectivity index (χ3n) is 3.58. The Kier molecular flexibility index (Phi) is 5.81. The van der Waals surface area contributed by atoms with E-state index >= 15 is 0 Å². The summed E-state index contributed by atoms with van der Waals surface area (Å²) >= 11 is 15.8. The van der Waals surface area contributed by atoms with E-state index in [9.17, 15) is 0 Å². The molecule has 0 bridgehead atoms. The Morgan fingerprint density at radius 3 is 2.67 bits per heavy atom. The van der Waals surface area contributed by atoms with Gasteiger partial charge in [-0.2, -0.15) is 0 Å². The predicted octanol–water partition coefficient (Wildman–Crippen LogP) is 5.13. The minimum absolute atomic E-state index is 0.656. The van der Waals surface area contributed by atoms with Crippen LogP contribution >= 0.6 is 39.1 Å². The van der Waals surface area contributed by atoms with Crippen LogP contribution in [0.2, 0.25) is 10.0 Å². The van der Waals surface area contributed by atoms with Crippen molar-refractivity contribution in [1.82, 2.24) is 4.90 Å². The fourth-order valence-corrected chi connectivity index (χ4v) is 2.93. The summed E-state index contributed by atoms with van der Waals surface area (Å²) in [4.78, 5) is 2.54. The van der Waals surface area contributed by atoms with E-state index in [0.717, 1.165) is 30.0 Å². The van der Waals surface area contributed by atoms with Gasteiger partial charge in [0.25, 0.3) is 0 Å². The molecular formula is C14H18BrCl2N. The van der Waals surface area contributed by atoms with E-state index in [1.165, 1.54) is 25.7 Å². The zero-order chi connectivity index (χ0) is 13.0. The average molecular weight is 351 g/mol. The lowest BCUT2D eigenvalue weighted by atomic mass is 9.91. The Morgan fingerprint density at radius 2 is 2.06 bits per heavy atom. The van der Waals surface area contributed by atoms with E-state index in [2.05, 4.69) is 26.9 Å². The summed E-state index contributed by atoms with van der Waals surface area (Å²) in [5.74, 6) is 0. The van der Waals surface area contributed by atoms with Crippen LogP contribution < -0.4 is 0 Å². The minimum atomic E-state index is 0.656. The number of benzene rings is 1. The Labute approximate surface area is 128 Å². The van der Waals surface area contributed by atoms with Crippen molar-refractivity contribution in [2.45, 2.75) is 38.3 Å². The Bertz CT molecular complexity index is 393. The van der Waals surface area contributed by atoms with Crippen molar-refractivity contribution in [1.29, 1.82) is 0 Å². The van der Waals surface area contributed by atoms with Crippen LogP contribution in [0.3, 0.4) is 0 Å². The molecule has 0 spiro atoms. The van der Waals surface area contributed by atoms with Crippen LogP contribution in [-0.2, 0) is 6.54 Å². The molecular weight excluding hydrogens is 333 g/mol. The monoisotopic (exact) mass is 349 g/mol. The molecule has 1 aromatic rings. The maximum Gasteiger partial charge on any atom is 0.0637 e. The first-order valence-electron chi connectivity index (χ1n) is 6.45. The van der Waals surface area contributed by atoms with Crippen molar-refractivity contribution in [3.63, 3.8) is 0 Å². The van der Waals surface area contributed by atoms with Crippen LogP contribution in [0.5, 0.6) is 0 Å². The SMILES string of the molecule is Clc1cccc(CN(CCCBr)C2CCC2)c1Cl. The van der Waals surface area contributed by atoms with Gasteiger partial charge in [-0.25, -0.2) is 0 Å².